The highest BCUT2D eigenvalue weighted by molar-refractivity contribution is 6.14. The summed E-state index contributed by atoms with van der Waals surface area (Å²) < 4.78 is 14.3. The first-order valence-corrected chi connectivity index (χ1v) is 4.76. The van der Waals surface area contributed by atoms with Crippen LogP contribution in [0.2, 0.25) is 0 Å². The van der Waals surface area contributed by atoms with Crippen molar-refractivity contribution in [3.8, 4) is 0 Å². The fourth-order valence-corrected chi connectivity index (χ4v) is 1.35. The molecule has 1 aromatic heterocycles. The van der Waals surface area contributed by atoms with Crippen LogP contribution in [-0.4, -0.2) is 43.9 Å². The van der Waals surface area contributed by atoms with Crippen LogP contribution in [0, 0.1) is 0 Å². The van der Waals surface area contributed by atoms with Crippen molar-refractivity contribution in [2.75, 3.05) is 21.3 Å². The molecule has 0 radical (unpaired) electrons. The first-order chi connectivity index (χ1) is 8.12. The van der Waals surface area contributed by atoms with Crippen molar-refractivity contribution < 1.29 is 23.8 Å². The van der Waals surface area contributed by atoms with Gasteiger partial charge in [0.1, 0.15) is 0 Å². The number of pyridine rings is 1. The second-order valence-corrected chi connectivity index (χ2v) is 3.09. The zero-order valence-corrected chi connectivity index (χ0v) is 9.80. The third kappa shape index (κ3) is 2.32. The Bertz CT molecular complexity index is 400. The van der Waals surface area contributed by atoms with Crippen LogP contribution in [0.5, 0.6) is 0 Å². The van der Waals surface area contributed by atoms with E-state index in [0.717, 1.165) is 7.11 Å². The molecule has 0 aliphatic rings. The maximum atomic E-state index is 12.1. The van der Waals surface area contributed by atoms with Crippen LogP contribution in [-0.2, 0) is 19.0 Å². The Labute approximate surface area is 98.5 Å². The fraction of sp³-hybridized carbons (Fsp3) is 0.364. The Kier molecular flexibility index (Phi) is 4.30. The molecule has 0 aliphatic carbocycles. The van der Waals surface area contributed by atoms with Gasteiger partial charge >= 0.3 is 11.8 Å². The molecule has 6 heteroatoms. The number of hydrogen-bond donors (Lipinski definition) is 0. The summed E-state index contributed by atoms with van der Waals surface area (Å²) in [4.78, 5) is 27.5. The molecule has 0 saturated carbocycles. The Balaban J connectivity index is 3.16. The van der Waals surface area contributed by atoms with Crippen LogP contribution in [0.25, 0.3) is 0 Å². The third-order valence-corrected chi connectivity index (χ3v) is 2.25. The molecular weight excluding hydrogens is 226 g/mol. The first kappa shape index (κ1) is 13.3. The van der Waals surface area contributed by atoms with E-state index in [2.05, 4.69) is 9.72 Å². The van der Waals surface area contributed by atoms with Crippen molar-refractivity contribution in [3.63, 3.8) is 0 Å². The minimum absolute atomic E-state index is 0.196. The van der Waals surface area contributed by atoms with Crippen LogP contribution in [0.4, 0.5) is 0 Å². The number of ether oxygens (including phenoxy) is 3. The molecule has 0 atom stereocenters. The number of aromatic nitrogens is 1. The molecule has 17 heavy (non-hydrogen) atoms. The average molecular weight is 239 g/mol. The van der Waals surface area contributed by atoms with E-state index in [-0.39, 0.29) is 5.56 Å². The molecule has 0 aliphatic heterocycles. The van der Waals surface area contributed by atoms with Gasteiger partial charge in [0.2, 0.25) is 5.78 Å². The maximum absolute atomic E-state index is 12.1. The lowest BCUT2D eigenvalue weighted by Crippen LogP contribution is -2.51. The first-order valence-electron chi connectivity index (χ1n) is 4.76. The van der Waals surface area contributed by atoms with Crippen molar-refractivity contribution in [3.05, 3.63) is 30.1 Å². The molecule has 0 amide bonds. The van der Waals surface area contributed by atoms with Crippen molar-refractivity contribution >= 4 is 11.8 Å². The summed E-state index contributed by atoms with van der Waals surface area (Å²) >= 11 is 0. The smallest absolute Gasteiger partial charge is 0.375 e. The van der Waals surface area contributed by atoms with Gasteiger partial charge in [0.25, 0.3) is 0 Å². The summed E-state index contributed by atoms with van der Waals surface area (Å²) in [5, 5.41) is 0. The second kappa shape index (κ2) is 5.51. The Morgan fingerprint density at radius 1 is 1.24 bits per heavy atom. The summed E-state index contributed by atoms with van der Waals surface area (Å²) in [6, 6.07) is 3.08. The molecule has 0 saturated heterocycles. The molecule has 1 rings (SSSR count). The molecule has 92 valence electrons. The molecule has 1 heterocycles. The number of methoxy groups -OCH3 is 3. The highest BCUT2D eigenvalue weighted by Crippen LogP contribution is 2.19. The summed E-state index contributed by atoms with van der Waals surface area (Å²) in [6.45, 7) is 0. The number of Topliss-reactive ketones (excluding diaryl/α,β-unsaturated/α-hetero) is 1. The van der Waals surface area contributed by atoms with Gasteiger partial charge in [-0.3, -0.25) is 9.78 Å². The zero-order valence-electron chi connectivity index (χ0n) is 9.80. The van der Waals surface area contributed by atoms with Crippen LogP contribution in [0.1, 0.15) is 10.4 Å². The molecule has 0 spiro atoms. The summed E-state index contributed by atoms with van der Waals surface area (Å²) in [7, 11) is 3.52. The molecule has 0 fully saturated rings. The van der Waals surface area contributed by atoms with Gasteiger partial charge in [0.05, 0.1) is 7.11 Å². The van der Waals surface area contributed by atoms with E-state index in [1.807, 2.05) is 0 Å². The van der Waals surface area contributed by atoms with E-state index in [4.69, 9.17) is 9.47 Å². The van der Waals surface area contributed by atoms with E-state index < -0.39 is 17.5 Å². The number of hydrogen-bond acceptors (Lipinski definition) is 6. The van der Waals surface area contributed by atoms with Crippen molar-refractivity contribution in [2.45, 2.75) is 5.79 Å². The van der Waals surface area contributed by atoms with Crippen LogP contribution < -0.4 is 0 Å². The molecule has 0 N–H and O–H groups in total. The lowest BCUT2D eigenvalue weighted by Gasteiger charge is -2.25. The van der Waals surface area contributed by atoms with Gasteiger partial charge in [-0.25, -0.2) is 4.79 Å². The largest absolute Gasteiger partial charge is 0.465 e. The van der Waals surface area contributed by atoms with Gasteiger partial charge in [-0.05, 0) is 12.1 Å². The maximum Gasteiger partial charge on any atom is 0.375 e. The van der Waals surface area contributed by atoms with Crippen molar-refractivity contribution in [1.82, 2.24) is 4.98 Å². The molecule has 0 bridgehead atoms. The van der Waals surface area contributed by atoms with E-state index in [0.29, 0.717) is 0 Å². The summed E-state index contributed by atoms with van der Waals surface area (Å²) in [6.07, 6.45) is 2.83. The monoisotopic (exact) mass is 239 g/mol. The lowest BCUT2D eigenvalue weighted by molar-refractivity contribution is -0.206. The van der Waals surface area contributed by atoms with Gasteiger partial charge in [0.15, 0.2) is 0 Å². The fourth-order valence-electron chi connectivity index (χ4n) is 1.35. The highest BCUT2D eigenvalue weighted by atomic mass is 16.7. The standard InChI is InChI=1S/C11H13NO5/c1-15-10(14)11(16-2,17-3)9(13)8-5-4-6-12-7-8/h4-7H,1-3H3. The topological polar surface area (TPSA) is 74.7 Å². The van der Waals surface area contributed by atoms with Crippen LogP contribution >= 0.6 is 0 Å². The molecule has 0 unspecified atom stereocenters. The SMILES string of the molecule is COC(=O)C(OC)(OC)C(=O)c1cccnc1. The minimum atomic E-state index is -2.09. The van der Waals surface area contributed by atoms with Crippen molar-refractivity contribution in [1.29, 1.82) is 0 Å². The predicted octanol–water partition coefficient (Wildman–Crippen LogP) is 0.426. The molecular formula is C11H13NO5. The van der Waals surface area contributed by atoms with E-state index >= 15 is 0 Å². The van der Waals surface area contributed by atoms with Gasteiger partial charge in [-0.15, -0.1) is 0 Å². The van der Waals surface area contributed by atoms with Crippen LogP contribution in [0.15, 0.2) is 24.5 Å². The van der Waals surface area contributed by atoms with E-state index in [1.54, 1.807) is 6.07 Å². The van der Waals surface area contributed by atoms with Gasteiger partial charge in [0, 0.05) is 32.2 Å². The second-order valence-electron chi connectivity index (χ2n) is 3.09. The summed E-state index contributed by atoms with van der Waals surface area (Å²) in [5.41, 5.74) is 0.196. The number of nitrogens with zero attached hydrogens (tertiary/aromatic N) is 1. The Hall–Kier alpha value is -1.79. The average Bonchev–Trinajstić information content (AvgIpc) is 2.41. The number of ketones is 1. The van der Waals surface area contributed by atoms with Crippen molar-refractivity contribution in [2.24, 2.45) is 0 Å². The number of rotatable bonds is 5. The Morgan fingerprint density at radius 3 is 2.29 bits per heavy atom. The van der Waals surface area contributed by atoms with Gasteiger partial charge in [-0.1, -0.05) is 0 Å². The lowest BCUT2D eigenvalue weighted by atomic mass is 10.1. The predicted molar refractivity (Wildman–Crippen MR) is 57.3 cm³/mol. The normalized spacial score (nSPS) is 11.0. The van der Waals surface area contributed by atoms with E-state index in [1.165, 1.54) is 32.7 Å². The third-order valence-electron chi connectivity index (χ3n) is 2.25. The highest BCUT2D eigenvalue weighted by Gasteiger charge is 2.49. The van der Waals surface area contributed by atoms with E-state index in [9.17, 15) is 9.59 Å². The minimum Gasteiger partial charge on any atom is -0.465 e. The Morgan fingerprint density at radius 2 is 1.88 bits per heavy atom. The quantitative estimate of drug-likeness (QED) is 0.321. The number of esters is 1. The summed E-state index contributed by atoms with van der Waals surface area (Å²) in [5.74, 6) is -3.67. The molecule has 0 aromatic carbocycles. The molecule has 6 nitrogen and oxygen atoms in total. The molecule has 1 aromatic rings. The number of carbonyl (C=O) groups excluding carboxylic acids is 2. The zero-order chi connectivity index (χ0) is 12.9. The number of carbonyl (C=O) groups is 2. The van der Waals surface area contributed by atoms with Crippen LogP contribution in [0.3, 0.4) is 0 Å². The van der Waals surface area contributed by atoms with Gasteiger partial charge < -0.3 is 14.2 Å². The van der Waals surface area contributed by atoms with Gasteiger partial charge in [-0.2, -0.15) is 0 Å².